The van der Waals surface area contributed by atoms with Crippen LogP contribution >= 0.6 is 11.3 Å². The lowest BCUT2D eigenvalue weighted by molar-refractivity contribution is 0.0420. The number of likely N-dealkylation sites (N-methyl/N-ethyl adjacent to an activating group) is 1. The summed E-state index contributed by atoms with van der Waals surface area (Å²) in [7, 11) is 3.46. The first-order chi connectivity index (χ1) is 8.56. The van der Waals surface area contributed by atoms with Gasteiger partial charge in [-0.2, -0.15) is 0 Å². The number of ether oxygens (including phenoxy) is 1. The van der Waals surface area contributed by atoms with E-state index in [-0.39, 0.29) is 5.91 Å². The molecule has 1 unspecified atom stereocenters. The number of nitrogen functional groups attached to an aromatic ring is 1. The minimum Gasteiger partial charge on any atom is -0.389 e. The number of methoxy groups -OCH3 is 1. The number of aliphatic hydroxyl groups excluding tert-OH is 1. The van der Waals surface area contributed by atoms with Gasteiger partial charge in [0.1, 0.15) is 0 Å². The van der Waals surface area contributed by atoms with Crippen LogP contribution in [0.1, 0.15) is 14.5 Å². The maximum atomic E-state index is 11.3. The predicted octanol–water partition coefficient (Wildman–Crippen LogP) is -0.209. The summed E-state index contributed by atoms with van der Waals surface area (Å²) in [6.07, 6.45) is -0.508. The maximum absolute atomic E-state index is 11.3. The molecule has 1 aromatic heterocycles. The molecule has 1 aromatic rings. The van der Waals surface area contributed by atoms with E-state index >= 15 is 0 Å². The lowest BCUT2D eigenvalue weighted by atomic mass is 10.3. The molecule has 0 aliphatic heterocycles. The van der Waals surface area contributed by atoms with Gasteiger partial charge in [0.25, 0.3) is 5.91 Å². The van der Waals surface area contributed by atoms with Crippen molar-refractivity contribution in [2.45, 2.75) is 12.6 Å². The van der Waals surface area contributed by atoms with Crippen LogP contribution in [0.3, 0.4) is 0 Å². The number of hydrogen-bond donors (Lipinski definition) is 3. The second-order valence-electron chi connectivity index (χ2n) is 4.05. The van der Waals surface area contributed by atoms with Crippen LogP contribution in [0.4, 0.5) is 0 Å². The molecule has 0 saturated heterocycles. The number of nitrogens with one attached hydrogen (secondary N) is 1. The monoisotopic (exact) mass is 273 g/mol. The zero-order chi connectivity index (χ0) is 13.5. The van der Waals surface area contributed by atoms with E-state index in [1.54, 1.807) is 13.2 Å². The van der Waals surface area contributed by atoms with Gasteiger partial charge in [-0.05, 0) is 19.2 Å². The van der Waals surface area contributed by atoms with Gasteiger partial charge in [0.15, 0.2) is 0 Å². The number of amides is 1. The number of nitrogens with zero attached hydrogens (tertiary/aromatic N) is 1. The van der Waals surface area contributed by atoms with Gasteiger partial charge in [-0.1, -0.05) is 0 Å². The highest BCUT2D eigenvalue weighted by atomic mass is 32.1. The predicted molar refractivity (Wildman–Crippen MR) is 70.2 cm³/mol. The molecule has 18 heavy (non-hydrogen) atoms. The summed E-state index contributed by atoms with van der Waals surface area (Å²) in [5, 5.41) is 9.59. The maximum Gasteiger partial charge on any atom is 0.275 e. The molecule has 0 spiro atoms. The van der Waals surface area contributed by atoms with Crippen molar-refractivity contribution in [1.29, 1.82) is 0 Å². The zero-order valence-electron chi connectivity index (χ0n) is 10.5. The van der Waals surface area contributed by atoms with E-state index in [0.29, 0.717) is 24.6 Å². The lowest BCUT2D eigenvalue weighted by Crippen LogP contribution is -2.31. The van der Waals surface area contributed by atoms with E-state index in [9.17, 15) is 9.90 Å². The number of hydrazine groups is 1. The Hall–Kier alpha value is -0.990. The summed E-state index contributed by atoms with van der Waals surface area (Å²) < 4.78 is 4.86. The van der Waals surface area contributed by atoms with Crippen LogP contribution in [0.15, 0.2) is 12.1 Å². The van der Waals surface area contributed by atoms with Crippen molar-refractivity contribution in [3.05, 3.63) is 21.9 Å². The van der Waals surface area contributed by atoms with Crippen LogP contribution in [-0.4, -0.2) is 49.3 Å². The molecule has 0 radical (unpaired) electrons. The smallest absolute Gasteiger partial charge is 0.275 e. The molecule has 6 nitrogen and oxygen atoms in total. The Morgan fingerprint density at radius 2 is 2.39 bits per heavy atom. The quantitative estimate of drug-likeness (QED) is 0.363. The highest BCUT2D eigenvalue weighted by molar-refractivity contribution is 7.14. The van der Waals surface area contributed by atoms with E-state index in [2.05, 4.69) is 5.43 Å². The third-order valence-electron chi connectivity index (χ3n) is 2.32. The van der Waals surface area contributed by atoms with Crippen LogP contribution < -0.4 is 11.3 Å². The highest BCUT2D eigenvalue weighted by Crippen LogP contribution is 2.17. The summed E-state index contributed by atoms with van der Waals surface area (Å²) in [6, 6.07) is 3.62. The third-order valence-corrected chi connectivity index (χ3v) is 3.39. The van der Waals surface area contributed by atoms with Crippen molar-refractivity contribution in [1.82, 2.24) is 10.3 Å². The molecule has 0 fully saturated rings. The van der Waals surface area contributed by atoms with Crippen LogP contribution in [0.5, 0.6) is 0 Å². The van der Waals surface area contributed by atoms with Gasteiger partial charge >= 0.3 is 0 Å². The summed E-state index contributed by atoms with van der Waals surface area (Å²) in [6.45, 7) is 1.50. The first-order valence-electron chi connectivity index (χ1n) is 5.52. The number of hydrogen-bond acceptors (Lipinski definition) is 6. The topological polar surface area (TPSA) is 87.8 Å². The molecule has 1 atom stereocenters. The zero-order valence-corrected chi connectivity index (χ0v) is 11.4. The lowest BCUT2D eigenvalue weighted by Gasteiger charge is -2.19. The number of carbonyl (C=O) groups is 1. The van der Waals surface area contributed by atoms with E-state index in [4.69, 9.17) is 10.6 Å². The molecule has 0 saturated carbocycles. The highest BCUT2D eigenvalue weighted by Gasteiger charge is 2.11. The van der Waals surface area contributed by atoms with Gasteiger partial charge in [0, 0.05) is 25.1 Å². The third kappa shape index (κ3) is 4.71. The Balaban J connectivity index is 2.46. The summed E-state index contributed by atoms with van der Waals surface area (Å²) in [5.41, 5.74) is 2.10. The van der Waals surface area contributed by atoms with Crippen LogP contribution in [0.2, 0.25) is 0 Å². The second-order valence-corrected chi connectivity index (χ2v) is 5.21. The number of aliphatic hydroxyl groups is 1. The van der Waals surface area contributed by atoms with E-state index < -0.39 is 6.10 Å². The molecule has 0 aliphatic carbocycles. The summed E-state index contributed by atoms with van der Waals surface area (Å²) in [4.78, 5) is 14.9. The summed E-state index contributed by atoms with van der Waals surface area (Å²) in [5.74, 6) is 4.78. The van der Waals surface area contributed by atoms with Gasteiger partial charge in [0.05, 0.1) is 17.6 Å². The minimum absolute atomic E-state index is 0.284. The molecule has 4 N–H and O–H groups in total. The first-order valence-corrected chi connectivity index (χ1v) is 6.33. The Bertz CT molecular complexity index is 383. The SMILES string of the molecule is COCC(O)CN(C)Cc1ccc(C(=O)NN)s1. The standard InChI is InChI=1S/C11H19N3O3S/c1-14(5-8(15)7-17-2)6-9-3-4-10(18-9)11(16)13-12/h3-4,8,15H,5-7,12H2,1-2H3,(H,13,16). The second kappa shape index (κ2) is 7.45. The van der Waals surface area contributed by atoms with Gasteiger partial charge in [-0.3, -0.25) is 15.1 Å². The average molecular weight is 273 g/mol. The molecule has 0 aromatic carbocycles. The largest absolute Gasteiger partial charge is 0.389 e. The fraction of sp³-hybridized carbons (Fsp3) is 0.545. The number of rotatable bonds is 7. The van der Waals surface area contributed by atoms with Crippen molar-refractivity contribution in [2.75, 3.05) is 27.3 Å². The van der Waals surface area contributed by atoms with Crippen molar-refractivity contribution in [2.24, 2.45) is 5.84 Å². The molecule has 0 aliphatic rings. The molecule has 102 valence electrons. The Morgan fingerprint density at radius 3 is 3.00 bits per heavy atom. The van der Waals surface area contributed by atoms with Crippen molar-refractivity contribution in [3.8, 4) is 0 Å². The number of nitrogens with two attached hydrogens (primary N) is 1. The molecule has 1 amide bonds. The summed E-state index contributed by atoms with van der Waals surface area (Å²) >= 11 is 1.39. The molecule has 0 bridgehead atoms. The van der Waals surface area contributed by atoms with Crippen LogP contribution in [-0.2, 0) is 11.3 Å². The van der Waals surface area contributed by atoms with Crippen molar-refractivity contribution < 1.29 is 14.6 Å². The minimum atomic E-state index is -0.508. The fourth-order valence-corrected chi connectivity index (χ4v) is 2.58. The number of carbonyl (C=O) groups excluding carboxylic acids is 1. The van der Waals surface area contributed by atoms with Gasteiger partial charge in [-0.25, -0.2) is 5.84 Å². The van der Waals surface area contributed by atoms with E-state index in [1.807, 2.05) is 18.0 Å². The average Bonchev–Trinajstić information content (AvgIpc) is 2.76. The molecule has 1 rings (SSSR count). The molecule has 7 heteroatoms. The first kappa shape index (κ1) is 15.1. The fourth-order valence-electron chi connectivity index (χ4n) is 1.59. The Morgan fingerprint density at radius 1 is 1.67 bits per heavy atom. The van der Waals surface area contributed by atoms with Gasteiger partial charge in [-0.15, -0.1) is 11.3 Å². The normalized spacial score (nSPS) is 12.7. The molecular weight excluding hydrogens is 254 g/mol. The van der Waals surface area contributed by atoms with Gasteiger partial charge in [0.2, 0.25) is 0 Å². The Labute approximate surface area is 110 Å². The van der Waals surface area contributed by atoms with Crippen LogP contribution in [0.25, 0.3) is 0 Å². The van der Waals surface area contributed by atoms with Crippen molar-refractivity contribution in [3.63, 3.8) is 0 Å². The Kier molecular flexibility index (Phi) is 6.23. The molecule has 1 heterocycles. The van der Waals surface area contributed by atoms with Crippen molar-refractivity contribution >= 4 is 17.2 Å². The number of thiophene rings is 1. The van der Waals surface area contributed by atoms with Gasteiger partial charge < -0.3 is 9.84 Å². The molecular formula is C11H19N3O3S. The van der Waals surface area contributed by atoms with Crippen LogP contribution in [0, 0.1) is 0 Å². The van der Waals surface area contributed by atoms with E-state index in [1.165, 1.54) is 11.3 Å². The van der Waals surface area contributed by atoms with E-state index in [0.717, 1.165) is 4.88 Å².